The minimum absolute atomic E-state index is 0.0286. The van der Waals surface area contributed by atoms with Gasteiger partial charge in [-0.05, 0) is 46.6 Å². The lowest BCUT2D eigenvalue weighted by Crippen LogP contribution is -2.35. The average molecular weight is 280 g/mol. The largest absolute Gasteiger partial charge is 0.390 e. The van der Waals surface area contributed by atoms with Crippen molar-refractivity contribution in [2.45, 2.75) is 45.6 Å². The topological polar surface area (TPSA) is 81.2 Å². The van der Waals surface area contributed by atoms with E-state index in [0.717, 1.165) is 43.0 Å². The summed E-state index contributed by atoms with van der Waals surface area (Å²) >= 11 is 0. The summed E-state index contributed by atoms with van der Waals surface area (Å²) in [6, 6.07) is 0. The number of likely N-dealkylation sites (tertiary alicyclic amines) is 1. The van der Waals surface area contributed by atoms with Crippen molar-refractivity contribution in [1.82, 2.24) is 15.1 Å². The van der Waals surface area contributed by atoms with E-state index in [1.54, 1.807) is 0 Å². The third-order valence-corrected chi connectivity index (χ3v) is 3.92. The fraction of sp³-hybridized carbons (Fsp3) is 0.714. The number of aliphatic hydroxyl groups is 1. The normalized spacial score (nSPS) is 24.4. The van der Waals surface area contributed by atoms with Crippen LogP contribution in [0.5, 0.6) is 0 Å². The Labute approximate surface area is 119 Å². The summed E-state index contributed by atoms with van der Waals surface area (Å²) in [5.74, 6) is -0.0286. The van der Waals surface area contributed by atoms with Crippen LogP contribution in [0.25, 0.3) is 0 Å². The van der Waals surface area contributed by atoms with Crippen LogP contribution < -0.4 is 5.32 Å². The standard InChI is InChI=1S/C14H24N4O2/c1-10-13(11(2)17-16-10)15-12(19)9-18-7-4-5-14(3,20)6-8-18/h20H,4-9H2,1-3H3,(H,15,19)(H,16,17). The summed E-state index contributed by atoms with van der Waals surface area (Å²) in [7, 11) is 0. The summed E-state index contributed by atoms with van der Waals surface area (Å²) < 4.78 is 0. The molecule has 6 heteroatoms. The van der Waals surface area contributed by atoms with Gasteiger partial charge in [0.1, 0.15) is 0 Å². The van der Waals surface area contributed by atoms with Crippen LogP contribution in [0.1, 0.15) is 37.6 Å². The Hall–Kier alpha value is -1.40. The maximum Gasteiger partial charge on any atom is 0.238 e. The molecule has 1 saturated heterocycles. The molecule has 0 aromatic carbocycles. The van der Waals surface area contributed by atoms with E-state index in [0.29, 0.717) is 13.0 Å². The van der Waals surface area contributed by atoms with Gasteiger partial charge in [0.05, 0.1) is 29.2 Å². The maximum atomic E-state index is 12.1. The van der Waals surface area contributed by atoms with Gasteiger partial charge in [-0.15, -0.1) is 0 Å². The summed E-state index contributed by atoms with van der Waals surface area (Å²) in [4.78, 5) is 14.2. The molecule has 2 heterocycles. The molecule has 0 aliphatic carbocycles. The average Bonchev–Trinajstić information content (AvgIpc) is 2.58. The van der Waals surface area contributed by atoms with Crippen LogP contribution in [0.2, 0.25) is 0 Å². The molecular weight excluding hydrogens is 256 g/mol. The first-order valence-corrected chi connectivity index (χ1v) is 7.13. The molecule has 3 N–H and O–H groups in total. The molecule has 1 aliphatic heterocycles. The number of rotatable bonds is 3. The van der Waals surface area contributed by atoms with Crippen molar-refractivity contribution in [1.29, 1.82) is 0 Å². The minimum Gasteiger partial charge on any atom is -0.390 e. The van der Waals surface area contributed by atoms with E-state index in [9.17, 15) is 9.90 Å². The van der Waals surface area contributed by atoms with Gasteiger partial charge in [-0.2, -0.15) is 5.10 Å². The van der Waals surface area contributed by atoms with E-state index in [1.165, 1.54) is 0 Å². The number of nitrogens with zero attached hydrogens (tertiary/aromatic N) is 2. The van der Waals surface area contributed by atoms with Crippen molar-refractivity contribution >= 4 is 11.6 Å². The number of anilines is 1. The van der Waals surface area contributed by atoms with Gasteiger partial charge in [0, 0.05) is 6.54 Å². The predicted molar refractivity (Wildman–Crippen MR) is 77.6 cm³/mol. The number of hydrogen-bond acceptors (Lipinski definition) is 4. The van der Waals surface area contributed by atoms with Gasteiger partial charge in [-0.3, -0.25) is 14.8 Å². The number of amides is 1. The lowest BCUT2D eigenvalue weighted by molar-refractivity contribution is -0.117. The van der Waals surface area contributed by atoms with Gasteiger partial charge in [0.15, 0.2) is 0 Å². The first-order chi connectivity index (χ1) is 9.37. The summed E-state index contributed by atoms with van der Waals surface area (Å²) in [6.07, 6.45) is 2.43. The second-order valence-corrected chi connectivity index (χ2v) is 5.98. The lowest BCUT2D eigenvalue weighted by Gasteiger charge is -2.22. The molecular formula is C14H24N4O2. The van der Waals surface area contributed by atoms with Crippen LogP contribution in [0, 0.1) is 13.8 Å². The Bertz CT molecular complexity index is 462. The molecule has 1 unspecified atom stereocenters. The number of nitrogens with one attached hydrogen (secondary N) is 2. The second kappa shape index (κ2) is 5.93. The number of carbonyl (C=O) groups excluding carboxylic acids is 1. The van der Waals surface area contributed by atoms with Crippen molar-refractivity contribution in [2.75, 3.05) is 25.0 Å². The number of aromatic amines is 1. The highest BCUT2D eigenvalue weighted by molar-refractivity contribution is 5.93. The van der Waals surface area contributed by atoms with Crippen molar-refractivity contribution in [3.63, 3.8) is 0 Å². The molecule has 1 atom stereocenters. The highest BCUT2D eigenvalue weighted by Gasteiger charge is 2.25. The summed E-state index contributed by atoms with van der Waals surface area (Å²) in [5.41, 5.74) is 1.85. The lowest BCUT2D eigenvalue weighted by atomic mass is 9.98. The Morgan fingerprint density at radius 1 is 1.45 bits per heavy atom. The van der Waals surface area contributed by atoms with Gasteiger partial charge in [0.2, 0.25) is 5.91 Å². The van der Waals surface area contributed by atoms with E-state index in [-0.39, 0.29) is 5.91 Å². The van der Waals surface area contributed by atoms with Crippen LogP contribution in [0.3, 0.4) is 0 Å². The van der Waals surface area contributed by atoms with Gasteiger partial charge in [-0.25, -0.2) is 0 Å². The van der Waals surface area contributed by atoms with Crippen molar-refractivity contribution < 1.29 is 9.90 Å². The molecule has 1 aliphatic rings. The van der Waals surface area contributed by atoms with Gasteiger partial charge in [0.25, 0.3) is 0 Å². The Kier molecular flexibility index (Phi) is 4.45. The molecule has 0 saturated carbocycles. The van der Waals surface area contributed by atoms with Crippen molar-refractivity contribution in [3.8, 4) is 0 Å². The maximum absolute atomic E-state index is 12.1. The summed E-state index contributed by atoms with van der Waals surface area (Å²) in [6.45, 7) is 7.59. The van der Waals surface area contributed by atoms with E-state index in [1.807, 2.05) is 20.8 Å². The summed E-state index contributed by atoms with van der Waals surface area (Å²) in [5, 5.41) is 19.9. The number of aromatic nitrogens is 2. The molecule has 1 amide bonds. The number of hydrogen-bond donors (Lipinski definition) is 3. The SMILES string of the molecule is Cc1n[nH]c(C)c1NC(=O)CN1CCCC(C)(O)CC1. The molecule has 0 radical (unpaired) electrons. The zero-order valence-corrected chi connectivity index (χ0v) is 12.5. The van der Waals surface area contributed by atoms with E-state index in [4.69, 9.17) is 0 Å². The van der Waals surface area contributed by atoms with Crippen molar-refractivity contribution in [2.24, 2.45) is 0 Å². The smallest absolute Gasteiger partial charge is 0.238 e. The zero-order valence-electron chi connectivity index (χ0n) is 12.5. The molecule has 1 aromatic heterocycles. The molecule has 112 valence electrons. The fourth-order valence-corrected chi connectivity index (χ4v) is 2.59. The predicted octanol–water partition coefficient (Wildman–Crippen LogP) is 1.20. The molecule has 0 spiro atoms. The Morgan fingerprint density at radius 2 is 2.20 bits per heavy atom. The van der Waals surface area contributed by atoms with Crippen molar-refractivity contribution in [3.05, 3.63) is 11.4 Å². The zero-order chi connectivity index (χ0) is 14.8. The van der Waals surface area contributed by atoms with Crippen LogP contribution in [-0.2, 0) is 4.79 Å². The minimum atomic E-state index is -0.594. The molecule has 0 bridgehead atoms. The van der Waals surface area contributed by atoms with E-state index < -0.39 is 5.60 Å². The third-order valence-electron chi connectivity index (χ3n) is 3.92. The van der Waals surface area contributed by atoms with Gasteiger partial charge in [-0.1, -0.05) is 0 Å². The third kappa shape index (κ3) is 3.80. The highest BCUT2D eigenvalue weighted by atomic mass is 16.3. The monoisotopic (exact) mass is 280 g/mol. The second-order valence-electron chi connectivity index (χ2n) is 5.98. The first-order valence-electron chi connectivity index (χ1n) is 7.13. The van der Waals surface area contributed by atoms with Crippen LogP contribution >= 0.6 is 0 Å². The van der Waals surface area contributed by atoms with E-state index in [2.05, 4.69) is 20.4 Å². The van der Waals surface area contributed by atoms with Gasteiger partial charge >= 0.3 is 0 Å². The Balaban J connectivity index is 1.89. The quantitative estimate of drug-likeness (QED) is 0.777. The number of aryl methyl sites for hydroxylation is 2. The molecule has 6 nitrogen and oxygen atoms in total. The highest BCUT2D eigenvalue weighted by Crippen LogP contribution is 2.21. The Morgan fingerprint density at radius 3 is 2.85 bits per heavy atom. The molecule has 1 fully saturated rings. The first kappa shape index (κ1) is 15.0. The number of H-pyrrole nitrogens is 1. The van der Waals surface area contributed by atoms with E-state index >= 15 is 0 Å². The van der Waals surface area contributed by atoms with Crippen LogP contribution in [-0.4, -0.2) is 51.3 Å². The fourth-order valence-electron chi connectivity index (χ4n) is 2.59. The molecule has 20 heavy (non-hydrogen) atoms. The molecule has 2 rings (SSSR count). The van der Waals surface area contributed by atoms with Crippen LogP contribution in [0.15, 0.2) is 0 Å². The van der Waals surface area contributed by atoms with Crippen LogP contribution in [0.4, 0.5) is 5.69 Å². The van der Waals surface area contributed by atoms with Gasteiger partial charge < -0.3 is 10.4 Å². The molecule has 1 aromatic rings. The number of carbonyl (C=O) groups is 1.